The van der Waals surface area contributed by atoms with Crippen LogP contribution in [0.4, 0.5) is 11.4 Å². The standard InChI is InChI=1S/C14H12N2O9S2/c17-13(9-5-1-3-7-11(9)15-26(19,20)21)25-14(18)10-6-2-4-8-12(10)16-27(22,23)24/h1-8,15-16H,(H,19,20,21)(H,22,23,24). The molecular formula is C14H12N2O9S2. The molecule has 0 aliphatic heterocycles. The zero-order valence-corrected chi connectivity index (χ0v) is 14.8. The number of nitrogens with one attached hydrogen (secondary N) is 2. The molecule has 0 fully saturated rings. The molecule has 2 aromatic rings. The lowest BCUT2D eigenvalue weighted by atomic mass is 10.1. The molecule has 27 heavy (non-hydrogen) atoms. The van der Waals surface area contributed by atoms with E-state index in [1.165, 1.54) is 24.3 Å². The molecule has 144 valence electrons. The number of anilines is 2. The van der Waals surface area contributed by atoms with Gasteiger partial charge in [0.15, 0.2) is 0 Å². The van der Waals surface area contributed by atoms with Gasteiger partial charge in [-0.25, -0.2) is 9.59 Å². The third-order valence-corrected chi connectivity index (χ3v) is 3.91. The van der Waals surface area contributed by atoms with Crippen LogP contribution in [0.1, 0.15) is 20.7 Å². The molecule has 0 aliphatic carbocycles. The molecule has 0 bridgehead atoms. The van der Waals surface area contributed by atoms with Crippen molar-refractivity contribution in [1.29, 1.82) is 0 Å². The van der Waals surface area contributed by atoms with Gasteiger partial charge in [-0.2, -0.15) is 16.8 Å². The number of rotatable bonds is 6. The van der Waals surface area contributed by atoms with Gasteiger partial charge in [0.1, 0.15) is 0 Å². The van der Waals surface area contributed by atoms with Crippen LogP contribution >= 0.6 is 0 Å². The maximum atomic E-state index is 12.2. The minimum atomic E-state index is -4.69. The molecular weight excluding hydrogens is 404 g/mol. The average Bonchev–Trinajstić information content (AvgIpc) is 2.52. The SMILES string of the molecule is O=C(OC(=O)c1ccccc1NS(=O)(=O)O)c1ccccc1NS(=O)(=O)O. The fourth-order valence-electron chi connectivity index (χ4n) is 1.97. The topological polar surface area (TPSA) is 176 Å². The summed E-state index contributed by atoms with van der Waals surface area (Å²) in [6.45, 7) is 0. The van der Waals surface area contributed by atoms with Gasteiger partial charge in [0.05, 0.1) is 22.5 Å². The number of esters is 2. The minimum absolute atomic E-state index is 0.345. The van der Waals surface area contributed by atoms with Gasteiger partial charge in [0, 0.05) is 0 Å². The normalized spacial score (nSPS) is 11.5. The number of benzene rings is 2. The summed E-state index contributed by atoms with van der Waals surface area (Å²) >= 11 is 0. The lowest BCUT2D eigenvalue weighted by Crippen LogP contribution is -2.19. The average molecular weight is 416 g/mol. The third kappa shape index (κ3) is 6.03. The van der Waals surface area contributed by atoms with Gasteiger partial charge >= 0.3 is 32.5 Å². The van der Waals surface area contributed by atoms with Crippen LogP contribution in [0.25, 0.3) is 0 Å². The monoisotopic (exact) mass is 416 g/mol. The van der Waals surface area contributed by atoms with E-state index in [0.717, 1.165) is 24.3 Å². The Balaban J connectivity index is 2.29. The summed E-state index contributed by atoms with van der Waals surface area (Å²) < 4.78 is 69.4. The van der Waals surface area contributed by atoms with Crippen molar-refractivity contribution in [1.82, 2.24) is 0 Å². The van der Waals surface area contributed by atoms with E-state index in [-0.39, 0.29) is 22.5 Å². The highest BCUT2D eigenvalue weighted by Crippen LogP contribution is 2.21. The van der Waals surface area contributed by atoms with E-state index in [9.17, 15) is 26.4 Å². The molecule has 11 nitrogen and oxygen atoms in total. The summed E-state index contributed by atoms with van der Waals surface area (Å²) in [4.78, 5) is 24.4. The van der Waals surface area contributed by atoms with Crippen LogP contribution in [-0.4, -0.2) is 37.9 Å². The summed E-state index contributed by atoms with van der Waals surface area (Å²) in [6.07, 6.45) is 0. The number of hydrogen-bond acceptors (Lipinski definition) is 7. The molecule has 13 heteroatoms. The van der Waals surface area contributed by atoms with E-state index in [1.54, 1.807) is 9.44 Å². The first-order chi connectivity index (χ1) is 12.5. The molecule has 0 aliphatic rings. The fourth-order valence-corrected chi connectivity index (χ4v) is 2.88. The lowest BCUT2D eigenvalue weighted by Gasteiger charge is -2.11. The van der Waals surface area contributed by atoms with E-state index in [1.807, 2.05) is 0 Å². The van der Waals surface area contributed by atoms with Gasteiger partial charge in [-0.1, -0.05) is 24.3 Å². The second kappa shape index (κ2) is 7.71. The van der Waals surface area contributed by atoms with Crippen molar-refractivity contribution in [2.45, 2.75) is 0 Å². The van der Waals surface area contributed by atoms with Crippen LogP contribution in [-0.2, 0) is 25.3 Å². The molecule has 0 atom stereocenters. The maximum absolute atomic E-state index is 12.2. The predicted octanol–water partition coefficient (Wildman–Crippen LogP) is 1.11. The van der Waals surface area contributed by atoms with Gasteiger partial charge in [0.25, 0.3) is 0 Å². The first-order valence-corrected chi connectivity index (χ1v) is 9.79. The molecule has 2 aromatic carbocycles. The predicted molar refractivity (Wildman–Crippen MR) is 93.0 cm³/mol. The molecule has 4 N–H and O–H groups in total. The molecule has 0 spiro atoms. The first-order valence-electron chi connectivity index (χ1n) is 6.91. The Kier molecular flexibility index (Phi) is 5.80. The summed E-state index contributed by atoms with van der Waals surface area (Å²) in [6, 6.07) is 9.96. The Morgan fingerprint density at radius 2 is 1.04 bits per heavy atom. The largest absolute Gasteiger partial charge is 0.386 e. The number of carbonyl (C=O) groups is 2. The number of para-hydroxylation sites is 2. The van der Waals surface area contributed by atoms with E-state index in [4.69, 9.17) is 9.11 Å². The van der Waals surface area contributed by atoms with E-state index < -0.39 is 32.5 Å². The summed E-state index contributed by atoms with van der Waals surface area (Å²) in [5.74, 6) is -2.54. The Morgan fingerprint density at radius 3 is 1.37 bits per heavy atom. The van der Waals surface area contributed by atoms with Crippen LogP contribution < -0.4 is 9.44 Å². The smallest absolute Gasteiger partial charge is 0.357 e. The zero-order valence-electron chi connectivity index (χ0n) is 13.2. The second-order valence-corrected chi connectivity index (χ2v) is 7.23. The molecule has 0 saturated heterocycles. The Morgan fingerprint density at radius 1 is 0.704 bits per heavy atom. The number of carbonyl (C=O) groups excluding carboxylic acids is 2. The highest BCUT2D eigenvalue weighted by molar-refractivity contribution is 7.87. The van der Waals surface area contributed by atoms with Crippen LogP contribution in [0.5, 0.6) is 0 Å². The summed E-state index contributed by atoms with van der Waals surface area (Å²) in [5, 5.41) is 0. The Hall–Kier alpha value is -3.00. The van der Waals surface area contributed by atoms with Crippen molar-refractivity contribution < 1.29 is 40.3 Å². The Bertz CT molecular complexity index is 1010. The first kappa shape index (κ1) is 20.3. The highest BCUT2D eigenvalue weighted by Gasteiger charge is 2.22. The molecule has 0 aromatic heterocycles. The quantitative estimate of drug-likeness (QED) is 0.305. The second-order valence-electron chi connectivity index (χ2n) is 4.92. The molecule has 2 rings (SSSR count). The minimum Gasteiger partial charge on any atom is -0.386 e. The maximum Gasteiger partial charge on any atom is 0.357 e. The van der Waals surface area contributed by atoms with Crippen LogP contribution in [0.3, 0.4) is 0 Å². The highest BCUT2D eigenvalue weighted by atomic mass is 32.2. The van der Waals surface area contributed by atoms with E-state index in [2.05, 4.69) is 4.74 Å². The van der Waals surface area contributed by atoms with Crippen molar-refractivity contribution in [3.63, 3.8) is 0 Å². The van der Waals surface area contributed by atoms with Crippen molar-refractivity contribution in [2.24, 2.45) is 0 Å². The van der Waals surface area contributed by atoms with Gasteiger partial charge in [-0.05, 0) is 24.3 Å². The molecule has 0 radical (unpaired) electrons. The van der Waals surface area contributed by atoms with Crippen LogP contribution in [0, 0.1) is 0 Å². The van der Waals surface area contributed by atoms with Crippen LogP contribution in [0.2, 0.25) is 0 Å². The van der Waals surface area contributed by atoms with Gasteiger partial charge in [0.2, 0.25) is 0 Å². The van der Waals surface area contributed by atoms with Gasteiger partial charge < -0.3 is 4.74 Å². The van der Waals surface area contributed by atoms with E-state index >= 15 is 0 Å². The molecule has 0 heterocycles. The Labute approximate surface area is 153 Å². The fraction of sp³-hybridized carbons (Fsp3) is 0. The van der Waals surface area contributed by atoms with Crippen molar-refractivity contribution in [3.8, 4) is 0 Å². The molecule has 0 amide bonds. The number of hydrogen-bond donors (Lipinski definition) is 4. The van der Waals surface area contributed by atoms with E-state index in [0.29, 0.717) is 0 Å². The number of ether oxygens (including phenoxy) is 1. The molecule has 0 saturated carbocycles. The van der Waals surface area contributed by atoms with Crippen molar-refractivity contribution >= 4 is 43.9 Å². The zero-order chi connectivity index (χ0) is 20.2. The molecule has 0 unspecified atom stereocenters. The van der Waals surface area contributed by atoms with Gasteiger partial charge in [-0.3, -0.25) is 18.5 Å². The summed E-state index contributed by atoms with van der Waals surface area (Å²) in [5.41, 5.74) is -1.46. The van der Waals surface area contributed by atoms with Crippen molar-refractivity contribution in [3.05, 3.63) is 59.7 Å². The lowest BCUT2D eigenvalue weighted by molar-refractivity contribution is 0.0399. The van der Waals surface area contributed by atoms with Crippen molar-refractivity contribution in [2.75, 3.05) is 9.44 Å². The third-order valence-electron chi connectivity index (χ3n) is 2.96. The van der Waals surface area contributed by atoms with Gasteiger partial charge in [-0.15, -0.1) is 0 Å². The summed E-state index contributed by atoms with van der Waals surface area (Å²) in [7, 11) is -9.38. The van der Waals surface area contributed by atoms with Crippen LogP contribution in [0.15, 0.2) is 48.5 Å².